The highest BCUT2D eigenvalue weighted by Gasteiger charge is 2.16. The van der Waals surface area contributed by atoms with Crippen molar-refractivity contribution in [3.05, 3.63) is 57.3 Å². The topological polar surface area (TPSA) is 39.8 Å². The van der Waals surface area contributed by atoms with E-state index < -0.39 is 0 Å². The van der Waals surface area contributed by atoms with Gasteiger partial charge in [-0.2, -0.15) is 0 Å². The van der Waals surface area contributed by atoms with Gasteiger partial charge in [-0.15, -0.1) is 5.10 Å². The first-order chi connectivity index (χ1) is 12.0. The molecule has 7 heteroatoms. The van der Waals surface area contributed by atoms with Gasteiger partial charge in [-0.3, -0.25) is 4.79 Å². The Hall–Kier alpha value is -1.70. The van der Waals surface area contributed by atoms with Crippen LogP contribution in [0.2, 0.25) is 0 Å². The average molecular weight is 390 g/mol. The number of rotatable bonds is 6. The van der Waals surface area contributed by atoms with E-state index >= 15 is 0 Å². The molecule has 2 aromatic heterocycles. The van der Waals surface area contributed by atoms with Crippen LogP contribution < -0.4 is 0 Å². The van der Waals surface area contributed by atoms with Crippen LogP contribution in [0.1, 0.15) is 28.7 Å². The van der Waals surface area contributed by atoms with Crippen molar-refractivity contribution >= 4 is 41.1 Å². The number of carbonyl (C=O) groups excluding carboxylic acids is 1. The number of benzene rings is 1. The number of aryl methyl sites for hydroxylation is 1. The highest BCUT2D eigenvalue weighted by Crippen LogP contribution is 2.26. The van der Waals surface area contributed by atoms with Gasteiger partial charge in [0.2, 0.25) is 0 Å². The van der Waals surface area contributed by atoms with Crippen LogP contribution in [0.5, 0.6) is 0 Å². The van der Waals surface area contributed by atoms with Crippen molar-refractivity contribution in [3.63, 3.8) is 0 Å². The Morgan fingerprint density at radius 2 is 2.00 bits per heavy atom. The molecule has 3 rings (SSSR count). The van der Waals surface area contributed by atoms with Gasteiger partial charge in [0.05, 0.1) is 11.4 Å². The predicted octanol–water partition coefficient (Wildman–Crippen LogP) is 5.08. The minimum absolute atomic E-state index is 0.130. The molecule has 0 unspecified atom stereocenters. The second-order valence-corrected chi connectivity index (χ2v) is 8.47. The average Bonchev–Trinajstić information content (AvgIpc) is 3.12. The van der Waals surface area contributed by atoms with Crippen LogP contribution in [0.25, 0.3) is 5.69 Å². The third kappa shape index (κ3) is 3.78. The summed E-state index contributed by atoms with van der Waals surface area (Å²) in [7, 11) is 0. The van der Waals surface area contributed by atoms with Gasteiger partial charge in [0.1, 0.15) is 0 Å². The summed E-state index contributed by atoms with van der Waals surface area (Å²) in [4.78, 5) is 12.6. The fraction of sp³-hybridized carbons (Fsp3) is 0.278. The van der Waals surface area contributed by atoms with Gasteiger partial charge in [0, 0.05) is 23.5 Å². The van der Waals surface area contributed by atoms with Crippen molar-refractivity contribution in [1.82, 2.24) is 14.3 Å². The van der Waals surface area contributed by atoms with E-state index in [0.717, 1.165) is 33.5 Å². The van der Waals surface area contributed by atoms with Crippen LogP contribution in [0.3, 0.4) is 0 Å². The highest BCUT2D eigenvalue weighted by atomic mass is 32.2. The molecule has 0 bridgehead atoms. The lowest BCUT2D eigenvalue weighted by Gasteiger charge is -2.05. The minimum atomic E-state index is 0.130. The molecule has 0 N–H and O–H groups in total. The van der Waals surface area contributed by atoms with Crippen LogP contribution in [-0.2, 0) is 6.54 Å². The smallest absolute Gasteiger partial charge is 0.184 e. The van der Waals surface area contributed by atoms with E-state index in [2.05, 4.69) is 16.6 Å². The van der Waals surface area contributed by atoms with Crippen LogP contribution in [-0.4, -0.2) is 25.9 Å². The molecule has 0 aliphatic carbocycles. The molecule has 0 aliphatic rings. The molecule has 1 aromatic carbocycles. The zero-order valence-corrected chi connectivity index (χ0v) is 16.8. The molecule has 0 spiro atoms. The van der Waals surface area contributed by atoms with E-state index in [0.29, 0.717) is 9.71 Å². The van der Waals surface area contributed by atoms with Gasteiger partial charge in [0.25, 0.3) is 0 Å². The number of hydrogen-bond donors (Lipinski definition) is 0. The third-order valence-corrected chi connectivity index (χ3v) is 6.41. The molecule has 0 saturated carbocycles. The van der Waals surface area contributed by atoms with Gasteiger partial charge in [-0.1, -0.05) is 41.3 Å². The number of thioether (sulfide) groups is 1. The van der Waals surface area contributed by atoms with Gasteiger partial charge < -0.3 is 4.57 Å². The molecule has 0 fully saturated rings. The van der Waals surface area contributed by atoms with E-state index in [4.69, 9.17) is 12.2 Å². The lowest BCUT2D eigenvalue weighted by Crippen LogP contribution is -2.05. The van der Waals surface area contributed by atoms with E-state index in [1.54, 1.807) is 4.68 Å². The van der Waals surface area contributed by atoms with Crippen LogP contribution >= 0.6 is 35.3 Å². The zero-order valence-electron chi connectivity index (χ0n) is 14.4. The summed E-state index contributed by atoms with van der Waals surface area (Å²) in [5.74, 6) is 0.496. The Morgan fingerprint density at radius 3 is 2.64 bits per heavy atom. The van der Waals surface area contributed by atoms with Crippen molar-refractivity contribution in [2.24, 2.45) is 0 Å². The molecule has 0 saturated heterocycles. The van der Waals surface area contributed by atoms with E-state index in [1.165, 1.54) is 23.1 Å². The Bertz CT molecular complexity index is 954. The standard InChI is InChI=1S/C18H19N3OS3/c1-4-20-12(2)10-15(13(20)3)16(22)11-24-17-19-21(18(23)25-17)14-8-6-5-7-9-14/h5-10H,4,11H2,1-3H3. The molecule has 3 aromatic rings. The van der Waals surface area contributed by atoms with Crippen molar-refractivity contribution in [2.45, 2.75) is 31.7 Å². The highest BCUT2D eigenvalue weighted by molar-refractivity contribution is 8.01. The quantitative estimate of drug-likeness (QED) is 0.335. The Kier molecular flexibility index (Phi) is 5.56. The molecule has 130 valence electrons. The molecule has 4 nitrogen and oxygen atoms in total. The second-order valence-electron chi connectivity index (χ2n) is 5.62. The lowest BCUT2D eigenvalue weighted by atomic mass is 10.2. The summed E-state index contributed by atoms with van der Waals surface area (Å²) in [5, 5.41) is 4.54. The van der Waals surface area contributed by atoms with E-state index in [-0.39, 0.29) is 5.78 Å². The molecule has 0 aliphatic heterocycles. The van der Waals surface area contributed by atoms with Gasteiger partial charge in [0.15, 0.2) is 14.1 Å². The summed E-state index contributed by atoms with van der Waals surface area (Å²) >= 11 is 8.28. The molecule has 2 heterocycles. The first-order valence-electron chi connectivity index (χ1n) is 7.99. The third-order valence-electron chi connectivity index (χ3n) is 4.05. The summed E-state index contributed by atoms with van der Waals surface area (Å²) in [6.45, 7) is 7.00. The lowest BCUT2D eigenvalue weighted by molar-refractivity contribution is 0.102. The number of Topliss-reactive ketones (excluding diaryl/α,β-unsaturated/α-hetero) is 1. The van der Waals surface area contributed by atoms with E-state index in [1.807, 2.05) is 50.2 Å². The van der Waals surface area contributed by atoms with Crippen LogP contribution in [0.4, 0.5) is 0 Å². The Morgan fingerprint density at radius 1 is 1.28 bits per heavy atom. The monoisotopic (exact) mass is 389 g/mol. The molecule has 25 heavy (non-hydrogen) atoms. The maximum atomic E-state index is 12.6. The fourth-order valence-corrected chi connectivity index (χ4v) is 5.07. The number of hydrogen-bond acceptors (Lipinski definition) is 5. The molecule has 0 atom stereocenters. The van der Waals surface area contributed by atoms with Crippen molar-refractivity contribution in [2.75, 3.05) is 5.75 Å². The second kappa shape index (κ2) is 7.68. The predicted molar refractivity (Wildman–Crippen MR) is 107 cm³/mol. The number of nitrogens with zero attached hydrogens (tertiary/aromatic N) is 3. The Balaban J connectivity index is 1.74. The van der Waals surface area contributed by atoms with Gasteiger partial charge in [-0.05, 0) is 51.2 Å². The fourth-order valence-electron chi connectivity index (χ4n) is 2.83. The normalized spacial score (nSPS) is 11.0. The number of aromatic nitrogens is 3. The largest absolute Gasteiger partial charge is 0.349 e. The van der Waals surface area contributed by atoms with E-state index in [9.17, 15) is 4.79 Å². The minimum Gasteiger partial charge on any atom is -0.349 e. The molecule has 0 radical (unpaired) electrons. The van der Waals surface area contributed by atoms with Crippen LogP contribution in [0.15, 0.2) is 40.7 Å². The van der Waals surface area contributed by atoms with Gasteiger partial charge in [-0.25, -0.2) is 4.68 Å². The first kappa shape index (κ1) is 18.1. The summed E-state index contributed by atoms with van der Waals surface area (Å²) in [5.41, 5.74) is 3.90. The first-order valence-corrected chi connectivity index (χ1v) is 10.2. The number of para-hydroxylation sites is 1. The molecular formula is C18H19N3OS3. The van der Waals surface area contributed by atoms with Gasteiger partial charge >= 0.3 is 0 Å². The van der Waals surface area contributed by atoms with Crippen molar-refractivity contribution in [3.8, 4) is 5.69 Å². The Labute approximate surface area is 160 Å². The zero-order chi connectivity index (χ0) is 18.0. The molecular weight excluding hydrogens is 370 g/mol. The number of ketones is 1. The summed E-state index contributed by atoms with van der Waals surface area (Å²) in [6, 6.07) is 11.8. The SMILES string of the molecule is CCn1c(C)cc(C(=O)CSc2nn(-c3ccccc3)c(=S)s2)c1C. The molecule has 0 amide bonds. The van der Waals surface area contributed by atoms with Crippen molar-refractivity contribution in [1.29, 1.82) is 0 Å². The summed E-state index contributed by atoms with van der Waals surface area (Å²) in [6.07, 6.45) is 0. The van der Waals surface area contributed by atoms with Crippen molar-refractivity contribution < 1.29 is 4.79 Å². The van der Waals surface area contributed by atoms with Crippen LogP contribution in [0, 0.1) is 17.8 Å². The summed E-state index contributed by atoms with van der Waals surface area (Å²) < 4.78 is 5.40. The maximum absolute atomic E-state index is 12.6. The number of carbonyl (C=O) groups is 1. The maximum Gasteiger partial charge on any atom is 0.184 e.